The summed E-state index contributed by atoms with van der Waals surface area (Å²) in [5.74, 6) is 0.431. The van der Waals surface area contributed by atoms with Crippen molar-refractivity contribution in [3.63, 3.8) is 0 Å². The van der Waals surface area contributed by atoms with Crippen molar-refractivity contribution in [1.82, 2.24) is 4.90 Å². The van der Waals surface area contributed by atoms with E-state index < -0.39 is 0 Å². The maximum atomic E-state index is 11.8. The minimum absolute atomic E-state index is 0. The van der Waals surface area contributed by atoms with E-state index in [0.717, 1.165) is 38.6 Å². The predicted molar refractivity (Wildman–Crippen MR) is 77.8 cm³/mol. The Balaban J connectivity index is 0.00000200. The maximum Gasteiger partial charge on any atom is 0.338 e. The van der Waals surface area contributed by atoms with E-state index in [9.17, 15) is 4.79 Å². The fraction of sp³-hybridized carbons (Fsp3) is 0.500. The third-order valence-electron chi connectivity index (χ3n) is 3.07. The van der Waals surface area contributed by atoms with Gasteiger partial charge in [-0.3, -0.25) is 4.90 Å². The molecule has 0 N–H and O–H groups in total. The van der Waals surface area contributed by atoms with Crippen molar-refractivity contribution in [3.05, 3.63) is 29.8 Å². The van der Waals surface area contributed by atoms with E-state index in [-0.39, 0.29) is 18.4 Å². The largest absolute Gasteiger partial charge is 0.497 e. The Morgan fingerprint density at radius 1 is 1.25 bits per heavy atom. The number of hydrogen-bond acceptors (Lipinski definition) is 5. The molecule has 1 aromatic rings. The molecule has 1 aliphatic heterocycles. The molecule has 1 heterocycles. The van der Waals surface area contributed by atoms with Crippen molar-refractivity contribution in [3.8, 4) is 5.75 Å². The molecule has 0 amide bonds. The van der Waals surface area contributed by atoms with Crippen molar-refractivity contribution in [1.29, 1.82) is 0 Å². The number of hydrogen-bond donors (Lipinski definition) is 0. The van der Waals surface area contributed by atoms with Crippen LogP contribution >= 0.6 is 12.4 Å². The van der Waals surface area contributed by atoms with Gasteiger partial charge < -0.3 is 14.2 Å². The highest BCUT2D eigenvalue weighted by Gasteiger charge is 2.11. The standard InChI is InChI=1S/C14H19NO4.ClH/c1-17-13-4-2-12(3-5-13)14(16)19-11-8-15-6-9-18-10-7-15;/h2-5H,6-11H2,1H3;1H. The molecule has 1 aromatic carbocycles. The number of nitrogens with zero attached hydrogens (tertiary/aromatic N) is 1. The summed E-state index contributed by atoms with van der Waals surface area (Å²) in [5, 5.41) is 0. The van der Waals surface area contributed by atoms with Gasteiger partial charge in [-0.15, -0.1) is 12.4 Å². The van der Waals surface area contributed by atoms with Gasteiger partial charge in [0.05, 0.1) is 25.9 Å². The summed E-state index contributed by atoms with van der Waals surface area (Å²) in [4.78, 5) is 14.0. The summed E-state index contributed by atoms with van der Waals surface area (Å²) >= 11 is 0. The zero-order chi connectivity index (χ0) is 13.5. The number of rotatable bonds is 5. The van der Waals surface area contributed by atoms with Crippen LogP contribution in [0.15, 0.2) is 24.3 Å². The van der Waals surface area contributed by atoms with Crippen molar-refractivity contribution >= 4 is 18.4 Å². The number of ether oxygens (including phenoxy) is 3. The molecular weight excluding hydrogens is 282 g/mol. The first-order valence-electron chi connectivity index (χ1n) is 6.41. The zero-order valence-electron chi connectivity index (χ0n) is 11.5. The van der Waals surface area contributed by atoms with Crippen LogP contribution in [0, 0.1) is 0 Å². The summed E-state index contributed by atoms with van der Waals surface area (Å²) < 4.78 is 15.5. The number of carbonyl (C=O) groups excluding carboxylic acids is 1. The average Bonchev–Trinajstić information content (AvgIpc) is 2.48. The molecular formula is C14H20ClNO4. The summed E-state index contributed by atoms with van der Waals surface area (Å²) in [7, 11) is 1.59. The van der Waals surface area contributed by atoms with Gasteiger partial charge in [0.15, 0.2) is 0 Å². The first-order chi connectivity index (χ1) is 9.29. The lowest BCUT2D eigenvalue weighted by molar-refractivity contribution is 0.0195. The van der Waals surface area contributed by atoms with Gasteiger partial charge in [0.25, 0.3) is 0 Å². The summed E-state index contributed by atoms with van der Waals surface area (Å²) in [5.41, 5.74) is 0.544. The fourth-order valence-corrected chi connectivity index (χ4v) is 1.90. The van der Waals surface area contributed by atoms with Crippen LogP contribution in [-0.2, 0) is 9.47 Å². The highest BCUT2D eigenvalue weighted by molar-refractivity contribution is 5.89. The lowest BCUT2D eigenvalue weighted by Crippen LogP contribution is -2.38. The van der Waals surface area contributed by atoms with Gasteiger partial charge in [-0.2, -0.15) is 0 Å². The van der Waals surface area contributed by atoms with Gasteiger partial charge in [0, 0.05) is 19.6 Å². The molecule has 0 saturated carbocycles. The number of benzene rings is 1. The van der Waals surface area contributed by atoms with Crippen molar-refractivity contribution in [2.45, 2.75) is 0 Å². The van der Waals surface area contributed by atoms with Crippen LogP contribution in [0.4, 0.5) is 0 Å². The Morgan fingerprint density at radius 2 is 1.90 bits per heavy atom. The molecule has 0 unspecified atom stereocenters. The van der Waals surface area contributed by atoms with Gasteiger partial charge >= 0.3 is 5.97 Å². The van der Waals surface area contributed by atoms with Crippen molar-refractivity contribution < 1.29 is 19.0 Å². The van der Waals surface area contributed by atoms with E-state index in [1.807, 2.05) is 0 Å². The Labute approximate surface area is 125 Å². The quantitative estimate of drug-likeness (QED) is 0.773. The van der Waals surface area contributed by atoms with Crippen LogP contribution in [0.1, 0.15) is 10.4 Å². The number of halogens is 1. The Kier molecular flexibility index (Phi) is 7.36. The smallest absolute Gasteiger partial charge is 0.338 e. The molecule has 0 aliphatic carbocycles. The molecule has 0 bridgehead atoms. The van der Waals surface area contributed by atoms with E-state index >= 15 is 0 Å². The van der Waals surface area contributed by atoms with E-state index in [4.69, 9.17) is 14.2 Å². The summed E-state index contributed by atoms with van der Waals surface area (Å²) in [6.07, 6.45) is 0. The molecule has 5 nitrogen and oxygen atoms in total. The van der Waals surface area contributed by atoms with E-state index in [1.165, 1.54) is 0 Å². The molecule has 1 aliphatic rings. The van der Waals surface area contributed by atoms with Gasteiger partial charge in [-0.05, 0) is 24.3 Å². The van der Waals surface area contributed by atoms with Crippen LogP contribution in [0.5, 0.6) is 5.75 Å². The maximum absolute atomic E-state index is 11.8. The summed E-state index contributed by atoms with van der Waals surface area (Å²) in [6.45, 7) is 4.48. The van der Waals surface area contributed by atoms with Gasteiger partial charge in [-0.25, -0.2) is 4.79 Å². The normalized spacial score (nSPS) is 15.2. The molecule has 112 valence electrons. The van der Waals surface area contributed by atoms with Crippen LogP contribution in [0.3, 0.4) is 0 Å². The van der Waals surface area contributed by atoms with Gasteiger partial charge in [-0.1, -0.05) is 0 Å². The molecule has 0 aromatic heterocycles. The molecule has 6 heteroatoms. The number of methoxy groups -OCH3 is 1. The van der Waals surface area contributed by atoms with Gasteiger partial charge in [0.2, 0.25) is 0 Å². The van der Waals surface area contributed by atoms with Crippen molar-refractivity contribution in [2.75, 3.05) is 46.6 Å². The SMILES string of the molecule is COc1ccc(C(=O)OCCN2CCOCC2)cc1.Cl. The number of carbonyl (C=O) groups is 1. The van der Waals surface area contributed by atoms with E-state index in [1.54, 1.807) is 31.4 Å². The first-order valence-corrected chi connectivity index (χ1v) is 6.41. The third-order valence-corrected chi connectivity index (χ3v) is 3.07. The van der Waals surface area contributed by atoms with Gasteiger partial charge in [0.1, 0.15) is 12.4 Å². The predicted octanol–water partition coefficient (Wildman–Crippen LogP) is 1.61. The fourth-order valence-electron chi connectivity index (χ4n) is 1.90. The molecule has 0 spiro atoms. The second-order valence-electron chi connectivity index (χ2n) is 4.32. The molecule has 0 radical (unpaired) electrons. The van der Waals surface area contributed by atoms with Crippen LogP contribution in [0.25, 0.3) is 0 Å². The van der Waals surface area contributed by atoms with E-state index in [0.29, 0.717) is 12.2 Å². The van der Waals surface area contributed by atoms with Crippen LogP contribution < -0.4 is 4.74 Å². The second-order valence-corrected chi connectivity index (χ2v) is 4.32. The molecule has 20 heavy (non-hydrogen) atoms. The zero-order valence-corrected chi connectivity index (χ0v) is 12.4. The van der Waals surface area contributed by atoms with Crippen molar-refractivity contribution in [2.24, 2.45) is 0 Å². The first kappa shape index (κ1) is 16.8. The lowest BCUT2D eigenvalue weighted by atomic mass is 10.2. The second kappa shape index (κ2) is 8.79. The topological polar surface area (TPSA) is 48.0 Å². The highest BCUT2D eigenvalue weighted by Crippen LogP contribution is 2.12. The van der Waals surface area contributed by atoms with E-state index in [2.05, 4.69) is 4.90 Å². The molecule has 0 atom stereocenters. The number of morpholine rings is 1. The highest BCUT2D eigenvalue weighted by atomic mass is 35.5. The minimum Gasteiger partial charge on any atom is -0.497 e. The lowest BCUT2D eigenvalue weighted by Gasteiger charge is -2.26. The Bertz CT molecular complexity index is 404. The van der Waals surface area contributed by atoms with Crippen LogP contribution in [-0.4, -0.2) is 57.4 Å². The Morgan fingerprint density at radius 3 is 2.50 bits per heavy atom. The molecule has 2 rings (SSSR count). The molecule has 1 saturated heterocycles. The average molecular weight is 302 g/mol. The summed E-state index contributed by atoms with van der Waals surface area (Å²) in [6, 6.07) is 6.91. The minimum atomic E-state index is -0.295. The van der Waals surface area contributed by atoms with Crippen LogP contribution in [0.2, 0.25) is 0 Å². The Hall–Kier alpha value is -1.30. The molecule has 1 fully saturated rings. The third kappa shape index (κ3) is 5.00. The monoisotopic (exact) mass is 301 g/mol. The number of esters is 1.